The van der Waals surface area contributed by atoms with Crippen LogP contribution in [0.4, 0.5) is 5.69 Å². The standard InChI is InChI=1S/C22H31N3O2/c1-3-5-6-18-7-8-21-20(15-18)19(9-12-24-14-11-23-17-24)16-25(21)13-10-22(26)27-4-2/h7-8,11,14-15,17,19H,3-6,9-10,12-13,16H2,1-2H3. The van der Waals surface area contributed by atoms with E-state index in [2.05, 4.69) is 39.6 Å². The molecule has 5 nitrogen and oxygen atoms in total. The van der Waals surface area contributed by atoms with E-state index in [1.165, 1.54) is 29.7 Å². The number of esters is 1. The Morgan fingerprint density at radius 3 is 2.93 bits per heavy atom. The molecule has 1 aromatic carbocycles. The molecule has 1 aliphatic rings. The maximum atomic E-state index is 11.8. The predicted molar refractivity (Wildman–Crippen MR) is 108 cm³/mol. The van der Waals surface area contributed by atoms with Crippen molar-refractivity contribution in [1.82, 2.24) is 9.55 Å². The van der Waals surface area contributed by atoms with Gasteiger partial charge in [-0.2, -0.15) is 0 Å². The summed E-state index contributed by atoms with van der Waals surface area (Å²) in [7, 11) is 0. The summed E-state index contributed by atoms with van der Waals surface area (Å²) < 4.78 is 7.24. The van der Waals surface area contributed by atoms with E-state index in [9.17, 15) is 4.79 Å². The number of hydrogen-bond acceptors (Lipinski definition) is 4. The molecule has 1 aliphatic heterocycles. The lowest BCUT2D eigenvalue weighted by Gasteiger charge is -2.19. The van der Waals surface area contributed by atoms with Crippen molar-refractivity contribution >= 4 is 11.7 Å². The summed E-state index contributed by atoms with van der Waals surface area (Å²) in [6.45, 7) is 7.20. The van der Waals surface area contributed by atoms with E-state index in [0.29, 0.717) is 18.9 Å². The van der Waals surface area contributed by atoms with E-state index in [0.717, 1.165) is 32.5 Å². The number of nitrogens with zero attached hydrogens (tertiary/aromatic N) is 3. The van der Waals surface area contributed by atoms with Crippen LogP contribution in [0.25, 0.3) is 0 Å². The lowest BCUT2D eigenvalue weighted by molar-refractivity contribution is -0.142. The number of aromatic nitrogens is 2. The van der Waals surface area contributed by atoms with Crippen molar-refractivity contribution in [3.8, 4) is 0 Å². The van der Waals surface area contributed by atoms with Crippen LogP contribution in [0.1, 0.15) is 56.6 Å². The first-order chi connectivity index (χ1) is 13.2. The average molecular weight is 370 g/mol. The molecule has 0 radical (unpaired) electrons. The molecule has 0 saturated heterocycles. The molecule has 0 N–H and O–H groups in total. The van der Waals surface area contributed by atoms with Crippen molar-refractivity contribution < 1.29 is 9.53 Å². The summed E-state index contributed by atoms with van der Waals surface area (Å²) in [5, 5.41) is 0. The summed E-state index contributed by atoms with van der Waals surface area (Å²) >= 11 is 0. The van der Waals surface area contributed by atoms with Gasteiger partial charge in [0.05, 0.1) is 19.4 Å². The fraction of sp³-hybridized carbons (Fsp3) is 0.545. The third-order valence-electron chi connectivity index (χ3n) is 5.32. The number of hydrogen-bond donors (Lipinski definition) is 0. The van der Waals surface area contributed by atoms with Gasteiger partial charge in [-0.05, 0) is 43.4 Å². The van der Waals surface area contributed by atoms with Gasteiger partial charge in [0, 0.05) is 43.6 Å². The Morgan fingerprint density at radius 2 is 2.19 bits per heavy atom. The number of carbonyl (C=O) groups is 1. The molecule has 0 saturated carbocycles. The Morgan fingerprint density at radius 1 is 1.30 bits per heavy atom. The zero-order chi connectivity index (χ0) is 19.1. The molecular formula is C22H31N3O2. The first-order valence-electron chi connectivity index (χ1n) is 10.2. The summed E-state index contributed by atoms with van der Waals surface area (Å²) in [5.74, 6) is 0.381. The van der Waals surface area contributed by atoms with Crippen LogP contribution >= 0.6 is 0 Å². The third kappa shape index (κ3) is 5.12. The number of anilines is 1. The molecule has 2 aromatic rings. The normalized spacial score (nSPS) is 15.8. The summed E-state index contributed by atoms with van der Waals surface area (Å²) in [5.41, 5.74) is 4.15. The molecule has 0 spiro atoms. The molecule has 0 fully saturated rings. The Kier molecular flexibility index (Phi) is 6.91. The van der Waals surface area contributed by atoms with Gasteiger partial charge in [-0.3, -0.25) is 4.79 Å². The Labute approximate surface area is 162 Å². The molecule has 3 rings (SSSR count). The smallest absolute Gasteiger partial charge is 0.307 e. The number of fused-ring (bicyclic) bond motifs is 1. The zero-order valence-electron chi connectivity index (χ0n) is 16.6. The second-order valence-electron chi connectivity index (χ2n) is 7.28. The van der Waals surface area contributed by atoms with Crippen molar-refractivity contribution in [2.24, 2.45) is 0 Å². The van der Waals surface area contributed by atoms with E-state index < -0.39 is 0 Å². The molecule has 0 aliphatic carbocycles. The molecule has 1 atom stereocenters. The molecule has 146 valence electrons. The number of imidazole rings is 1. The number of benzene rings is 1. The lowest BCUT2D eigenvalue weighted by Crippen LogP contribution is -2.25. The van der Waals surface area contributed by atoms with Crippen molar-refractivity contribution in [3.63, 3.8) is 0 Å². The van der Waals surface area contributed by atoms with Crippen LogP contribution in [0.5, 0.6) is 0 Å². The fourth-order valence-electron chi connectivity index (χ4n) is 3.86. The number of ether oxygens (including phenoxy) is 1. The quantitative estimate of drug-likeness (QED) is 0.590. The van der Waals surface area contributed by atoms with Crippen LogP contribution in [0, 0.1) is 0 Å². The van der Waals surface area contributed by atoms with E-state index in [1.54, 1.807) is 0 Å². The van der Waals surface area contributed by atoms with Gasteiger partial charge in [0.1, 0.15) is 0 Å². The average Bonchev–Trinajstić information content (AvgIpc) is 3.31. The van der Waals surface area contributed by atoms with Gasteiger partial charge >= 0.3 is 5.97 Å². The molecule has 27 heavy (non-hydrogen) atoms. The highest BCUT2D eigenvalue weighted by atomic mass is 16.5. The van der Waals surface area contributed by atoms with E-state index in [1.807, 2.05) is 25.6 Å². The van der Waals surface area contributed by atoms with Crippen molar-refractivity contribution in [2.45, 2.75) is 58.4 Å². The van der Waals surface area contributed by atoms with Crippen molar-refractivity contribution in [1.29, 1.82) is 0 Å². The minimum atomic E-state index is -0.111. The molecule has 5 heteroatoms. The topological polar surface area (TPSA) is 47.4 Å². The highest BCUT2D eigenvalue weighted by Crippen LogP contribution is 2.39. The third-order valence-corrected chi connectivity index (χ3v) is 5.32. The molecule has 0 amide bonds. The summed E-state index contributed by atoms with van der Waals surface area (Å²) in [4.78, 5) is 18.3. The second-order valence-corrected chi connectivity index (χ2v) is 7.28. The summed E-state index contributed by atoms with van der Waals surface area (Å²) in [6.07, 6.45) is 10.8. The first kappa shape index (κ1) is 19.5. The van der Waals surface area contributed by atoms with Crippen LogP contribution in [0.2, 0.25) is 0 Å². The largest absolute Gasteiger partial charge is 0.466 e. The minimum Gasteiger partial charge on any atom is -0.466 e. The molecule has 1 unspecified atom stereocenters. The first-order valence-corrected chi connectivity index (χ1v) is 10.2. The number of rotatable bonds is 10. The van der Waals surface area contributed by atoms with Gasteiger partial charge in [-0.25, -0.2) is 4.98 Å². The minimum absolute atomic E-state index is 0.111. The van der Waals surface area contributed by atoms with Crippen LogP contribution in [0.15, 0.2) is 36.9 Å². The van der Waals surface area contributed by atoms with Crippen molar-refractivity contribution in [2.75, 3.05) is 24.6 Å². The van der Waals surface area contributed by atoms with Gasteiger partial charge in [-0.1, -0.05) is 25.5 Å². The van der Waals surface area contributed by atoms with Crippen LogP contribution in [0.3, 0.4) is 0 Å². The molecule has 2 heterocycles. The Balaban J connectivity index is 1.71. The van der Waals surface area contributed by atoms with Gasteiger partial charge in [0.25, 0.3) is 0 Å². The Hall–Kier alpha value is -2.30. The number of unbranched alkanes of at least 4 members (excludes halogenated alkanes) is 1. The summed E-state index contributed by atoms with van der Waals surface area (Å²) in [6, 6.07) is 6.90. The lowest BCUT2D eigenvalue weighted by atomic mass is 9.95. The van der Waals surface area contributed by atoms with Gasteiger partial charge < -0.3 is 14.2 Å². The zero-order valence-corrected chi connectivity index (χ0v) is 16.6. The maximum Gasteiger partial charge on any atom is 0.307 e. The van der Waals surface area contributed by atoms with E-state index in [-0.39, 0.29) is 5.97 Å². The Bertz CT molecular complexity index is 727. The SMILES string of the molecule is CCCCc1ccc2c(c1)C(CCn1ccnc1)CN2CCC(=O)OCC. The van der Waals surface area contributed by atoms with Gasteiger partial charge in [0.15, 0.2) is 0 Å². The fourth-order valence-corrected chi connectivity index (χ4v) is 3.86. The van der Waals surface area contributed by atoms with Gasteiger partial charge in [-0.15, -0.1) is 0 Å². The monoisotopic (exact) mass is 369 g/mol. The van der Waals surface area contributed by atoms with Crippen LogP contribution in [-0.4, -0.2) is 35.2 Å². The van der Waals surface area contributed by atoms with E-state index in [4.69, 9.17) is 4.74 Å². The molecule has 0 bridgehead atoms. The van der Waals surface area contributed by atoms with Crippen LogP contribution in [-0.2, 0) is 22.5 Å². The second kappa shape index (κ2) is 9.58. The van der Waals surface area contributed by atoms with Gasteiger partial charge in [0.2, 0.25) is 0 Å². The van der Waals surface area contributed by atoms with Crippen LogP contribution < -0.4 is 4.90 Å². The maximum absolute atomic E-state index is 11.8. The van der Waals surface area contributed by atoms with Crippen molar-refractivity contribution in [3.05, 3.63) is 48.0 Å². The highest BCUT2D eigenvalue weighted by Gasteiger charge is 2.28. The van der Waals surface area contributed by atoms with E-state index >= 15 is 0 Å². The number of carbonyl (C=O) groups excluding carboxylic acids is 1. The molecule has 1 aromatic heterocycles. The predicted octanol–water partition coefficient (Wildman–Crippen LogP) is 4.17. The highest BCUT2D eigenvalue weighted by molar-refractivity contribution is 5.71. The molecular weight excluding hydrogens is 338 g/mol. The number of aryl methyl sites for hydroxylation is 2.